The van der Waals surface area contributed by atoms with Crippen LogP contribution in [0.5, 0.6) is 11.5 Å². The van der Waals surface area contributed by atoms with Gasteiger partial charge in [-0.25, -0.2) is 0 Å². The summed E-state index contributed by atoms with van der Waals surface area (Å²) in [4.78, 5) is 27.4. The van der Waals surface area contributed by atoms with Crippen molar-refractivity contribution in [2.45, 2.75) is 6.04 Å². The molecule has 4 rings (SSSR count). The summed E-state index contributed by atoms with van der Waals surface area (Å²) in [6.45, 7) is 0. The monoisotopic (exact) mass is 401 g/mol. The Morgan fingerprint density at radius 1 is 0.900 bits per heavy atom. The quantitative estimate of drug-likeness (QED) is 0.392. The van der Waals surface area contributed by atoms with Crippen LogP contribution in [-0.4, -0.2) is 29.0 Å². The first kappa shape index (κ1) is 19.3. The van der Waals surface area contributed by atoms with Crippen LogP contribution in [0, 0.1) is 0 Å². The Kier molecular flexibility index (Phi) is 4.98. The number of rotatable bonds is 4. The molecule has 1 amide bonds. The Bertz CT molecular complexity index is 1120. The molecule has 1 heterocycles. The maximum Gasteiger partial charge on any atom is 0.300 e. The second-order valence-corrected chi connectivity index (χ2v) is 6.82. The molecule has 1 atom stereocenters. The van der Waals surface area contributed by atoms with Gasteiger partial charge in [0.05, 0.1) is 18.7 Å². The summed E-state index contributed by atoms with van der Waals surface area (Å²) in [5, 5.41) is 20.6. The van der Waals surface area contributed by atoms with Gasteiger partial charge in [-0.3, -0.25) is 14.5 Å². The molecule has 1 aliphatic heterocycles. The van der Waals surface area contributed by atoms with Crippen LogP contribution in [0.25, 0.3) is 5.76 Å². The van der Waals surface area contributed by atoms with Gasteiger partial charge in [-0.15, -0.1) is 0 Å². The van der Waals surface area contributed by atoms with Gasteiger partial charge < -0.3 is 14.9 Å². The number of ether oxygens (including phenoxy) is 1. The minimum atomic E-state index is -0.848. The highest BCUT2D eigenvalue weighted by atomic mass is 16.5. The summed E-state index contributed by atoms with van der Waals surface area (Å²) in [6.07, 6.45) is 0. The molecule has 3 aromatic rings. The molecule has 30 heavy (non-hydrogen) atoms. The van der Waals surface area contributed by atoms with Crippen molar-refractivity contribution < 1.29 is 24.5 Å². The molecule has 3 aromatic carbocycles. The maximum atomic E-state index is 13.0. The van der Waals surface area contributed by atoms with Gasteiger partial charge in [0.1, 0.15) is 17.3 Å². The maximum absolute atomic E-state index is 13.0. The van der Waals surface area contributed by atoms with E-state index in [1.54, 1.807) is 66.7 Å². The Balaban J connectivity index is 1.92. The summed E-state index contributed by atoms with van der Waals surface area (Å²) in [7, 11) is 1.54. The first-order valence-corrected chi connectivity index (χ1v) is 9.30. The van der Waals surface area contributed by atoms with E-state index in [2.05, 4.69) is 0 Å². The third-order valence-electron chi connectivity index (χ3n) is 5.05. The minimum absolute atomic E-state index is 0.00675. The number of anilines is 1. The molecule has 150 valence electrons. The zero-order valence-electron chi connectivity index (χ0n) is 16.1. The molecule has 0 radical (unpaired) electrons. The number of hydrogen-bond acceptors (Lipinski definition) is 5. The van der Waals surface area contributed by atoms with Crippen LogP contribution < -0.4 is 9.64 Å². The second kappa shape index (κ2) is 7.75. The zero-order valence-corrected chi connectivity index (χ0v) is 16.1. The SMILES string of the molecule is COc1ccc(N2C(=O)C(=O)/C(=C(/O)c3ccccc3)C2c2ccc(O)cc2)cc1. The lowest BCUT2D eigenvalue weighted by molar-refractivity contribution is -0.132. The van der Waals surface area contributed by atoms with Crippen molar-refractivity contribution in [1.82, 2.24) is 0 Å². The van der Waals surface area contributed by atoms with Crippen molar-refractivity contribution in [3.8, 4) is 11.5 Å². The standard InChI is InChI=1S/C24H19NO5/c1-30-19-13-9-17(10-14-19)25-21(15-7-11-18(26)12-8-15)20(23(28)24(25)29)22(27)16-5-3-2-4-6-16/h2-14,21,26-27H,1H3/b22-20+. The fraction of sp³-hybridized carbons (Fsp3) is 0.0833. The van der Waals surface area contributed by atoms with Crippen molar-refractivity contribution >= 4 is 23.1 Å². The number of benzene rings is 3. The van der Waals surface area contributed by atoms with Crippen molar-refractivity contribution in [1.29, 1.82) is 0 Å². The van der Waals surface area contributed by atoms with Gasteiger partial charge in [0.25, 0.3) is 11.7 Å². The molecule has 6 nitrogen and oxygen atoms in total. The number of Topliss-reactive ketones (excluding diaryl/α,β-unsaturated/α-hetero) is 1. The summed E-state index contributed by atoms with van der Waals surface area (Å²) in [5.41, 5.74) is 1.50. The van der Waals surface area contributed by atoms with E-state index in [1.165, 1.54) is 24.1 Å². The summed E-state index contributed by atoms with van der Waals surface area (Å²) in [6, 6.07) is 20.7. The van der Waals surface area contributed by atoms with E-state index in [1.807, 2.05) is 0 Å². The van der Waals surface area contributed by atoms with Crippen LogP contribution in [0.4, 0.5) is 5.69 Å². The number of carbonyl (C=O) groups is 2. The molecule has 1 aliphatic rings. The van der Waals surface area contributed by atoms with E-state index in [0.717, 1.165) is 0 Å². The Morgan fingerprint density at radius 3 is 2.13 bits per heavy atom. The van der Waals surface area contributed by atoms with Gasteiger partial charge in [0.15, 0.2) is 0 Å². The fourth-order valence-electron chi connectivity index (χ4n) is 3.57. The van der Waals surface area contributed by atoms with E-state index in [-0.39, 0.29) is 17.1 Å². The Morgan fingerprint density at radius 2 is 1.53 bits per heavy atom. The summed E-state index contributed by atoms with van der Waals surface area (Å²) in [5.74, 6) is -1.09. The van der Waals surface area contributed by atoms with Gasteiger partial charge in [-0.1, -0.05) is 42.5 Å². The number of aliphatic hydroxyl groups excluding tert-OH is 1. The number of hydrogen-bond donors (Lipinski definition) is 2. The number of aromatic hydroxyl groups is 1. The highest BCUT2D eigenvalue weighted by Crippen LogP contribution is 2.42. The highest BCUT2D eigenvalue weighted by Gasteiger charge is 2.46. The fourth-order valence-corrected chi connectivity index (χ4v) is 3.57. The van der Waals surface area contributed by atoms with Gasteiger partial charge >= 0.3 is 0 Å². The van der Waals surface area contributed by atoms with E-state index in [4.69, 9.17) is 4.74 Å². The summed E-state index contributed by atoms with van der Waals surface area (Å²) < 4.78 is 5.17. The smallest absolute Gasteiger partial charge is 0.300 e. The molecule has 1 saturated heterocycles. The third kappa shape index (κ3) is 3.28. The van der Waals surface area contributed by atoms with Crippen LogP contribution in [0.3, 0.4) is 0 Å². The molecule has 6 heteroatoms. The van der Waals surface area contributed by atoms with Crippen LogP contribution in [0.2, 0.25) is 0 Å². The molecule has 1 fully saturated rings. The number of carbonyl (C=O) groups excluding carboxylic acids is 2. The van der Waals surface area contributed by atoms with Crippen molar-refractivity contribution in [3.05, 3.63) is 95.6 Å². The van der Waals surface area contributed by atoms with Crippen molar-refractivity contribution in [3.63, 3.8) is 0 Å². The van der Waals surface area contributed by atoms with Crippen LogP contribution in [0.15, 0.2) is 84.4 Å². The highest BCUT2D eigenvalue weighted by molar-refractivity contribution is 6.51. The zero-order chi connectivity index (χ0) is 21.3. The molecule has 0 spiro atoms. The number of ketones is 1. The number of amides is 1. The molecule has 1 unspecified atom stereocenters. The Hall–Kier alpha value is -4.06. The topological polar surface area (TPSA) is 87.1 Å². The first-order chi connectivity index (χ1) is 14.5. The lowest BCUT2D eigenvalue weighted by Crippen LogP contribution is -2.29. The number of phenols is 1. The average Bonchev–Trinajstić information content (AvgIpc) is 3.05. The average molecular weight is 401 g/mol. The molecule has 0 saturated carbocycles. The molecule has 2 N–H and O–H groups in total. The van der Waals surface area contributed by atoms with E-state index < -0.39 is 17.7 Å². The van der Waals surface area contributed by atoms with Crippen molar-refractivity contribution in [2.24, 2.45) is 0 Å². The number of methoxy groups -OCH3 is 1. The Labute approximate surface area is 173 Å². The minimum Gasteiger partial charge on any atom is -0.508 e. The van der Waals surface area contributed by atoms with Gasteiger partial charge in [-0.05, 0) is 42.0 Å². The number of nitrogens with zero attached hydrogens (tertiary/aromatic N) is 1. The van der Waals surface area contributed by atoms with Gasteiger partial charge in [0, 0.05) is 11.3 Å². The predicted octanol–water partition coefficient (Wildman–Crippen LogP) is 4.03. The van der Waals surface area contributed by atoms with E-state index >= 15 is 0 Å². The van der Waals surface area contributed by atoms with E-state index in [9.17, 15) is 19.8 Å². The predicted molar refractivity (Wildman–Crippen MR) is 112 cm³/mol. The first-order valence-electron chi connectivity index (χ1n) is 9.30. The lowest BCUT2D eigenvalue weighted by atomic mass is 9.95. The normalized spacial score (nSPS) is 17.9. The number of aliphatic hydroxyl groups is 1. The van der Waals surface area contributed by atoms with Gasteiger partial charge in [0.2, 0.25) is 0 Å². The second-order valence-electron chi connectivity index (χ2n) is 6.82. The van der Waals surface area contributed by atoms with Gasteiger partial charge in [-0.2, -0.15) is 0 Å². The third-order valence-corrected chi connectivity index (χ3v) is 5.05. The molecule has 0 bridgehead atoms. The number of phenolic OH excluding ortho intramolecular Hbond substituents is 1. The lowest BCUT2D eigenvalue weighted by Gasteiger charge is -2.25. The summed E-state index contributed by atoms with van der Waals surface area (Å²) >= 11 is 0. The largest absolute Gasteiger partial charge is 0.508 e. The molecular weight excluding hydrogens is 382 g/mol. The van der Waals surface area contributed by atoms with Crippen LogP contribution in [0.1, 0.15) is 17.2 Å². The molecule has 0 aromatic heterocycles. The van der Waals surface area contributed by atoms with Crippen molar-refractivity contribution in [2.75, 3.05) is 12.0 Å². The van der Waals surface area contributed by atoms with Crippen LogP contribution in [-0.2, 0) is 9.59 Å². The van der Waals surface area contributed by atoms with Crippen LogP contribution >= 0.6 is 0 Å². The van der Waals surface area contributed by atoms with E-state index in [0.29, 0.717) is 22.6 Å². The molecule has 0 aliphatic carbocycles. The molecular formula is C24H19NO5.